The van der Waals surface area contributed by atoms with Crippen molar-refractivity contribution in [1.29, 1.82) is 0 Å². The van der Waals surface area contributed by atoms with Gasteiger partial charge in [0.05, 0.1) is 0 Å². The van der Waals surface area contributed by atoms with E-state index in [1.165, 1.54) is 13.7 Å². The normalized spacial score (nSPS) is 16.7. The Morgan fingerprint density at radius 1 is 0.941 bits per heavy atom. The van der Waals surface area contributed by atoms with E-state index >= 15 is 0 Å². The van der Waals surface area contributed by atoms with Crippen molar-refractivity contribution in [2.75, 3.05) is 14.1 Å². The highest BCUT2D eigenvalue weighted by Crippen LogP contribution is 2.34. The summed E-state index contributed by atoms with van der Waals surface area (Å²) in [6.45, 7) is 16.5. The van der Waals surface area contributed by atoms with E-state index in [9.17, 15) is 0 Å². The zero-order valence-corrected chi connectivity index (χ0v) is 13.7. The van der Waals surface area contributed by atoms with E-state index in [1.54, 1.807) is 0 Å². The molecule has 2 atom stereocenters. The van der Waals surface area contributed by atoms with E-state index < -0.39 is 0 Å². The number of hydrogen-bond acceptors (Lipinski definition) is 1. The molecule has 2 heteroatoms. The van der Waals surface area contributed by atoms with Crippen LogP contribution in [0.1, 0.15) is 54.9 Å². The minimum Gasteiger partial charge on any atom is -0.314 e. The molecule has 102 valence electrons. The molecule has 0 aromatic carbocycles. The van der Waals surface area contributed by atoms with Crippen molar-refractivity contribution >= 4 is 7.28 Å². The Morgan fingerprint density at radius 3 is 1.65 bits per heavy atom. The van der Waals surface area contributed by atoms with Crippen molar-refractivity contribution in [1.82, 2.24) is 4.90 Å². The Hall–Kier alpha value is 0.0249. The lowest BCUT2D eigenvalue weighted by molar-refractivity contribution is 0.291. The van der Waals surface area contributed by atoms with Gasteiger partial charge in [-0.2, -0.15) is 0 Å². The van der Waals surface area contributed by atoms with E-state index in [1.807, 2.05) is 0 Å². The van der Waals surface area contributed by atoms with Gasteiger partial charge in [0.25, 0.3) is 0 Å². The van der Waals surface area contributed by atoms with Gasteiger partial charge in [0, 0.05) is 0 Å². The molecule has 0 aromatic rings. The van der Waals surface area contributed by atoms with Crippen LogP contribution in [0.5, 0.6) is 0 Å². The van der Waals surface area contributed by atoms with Gasteiger partial charge in [0.2, 0.25) is 0 Å². The minimum atomic E-state index is 0.447. The van der Waals surface area contributed by atoms with Gasteiger partial charge < -0.3 is 4.90 Å². The van der Waals surface area contributed by atoms with E-state index in [0.717, 1.165) is 17.7 Å². The molecule has 0 fully saturated rings. The van der Waals surface area contributed by atoms with Gasteiger partial charge in [-0.25, -0.2) is 0 Å². The zero-order valence-electron chi connectivity index (χ0n) is 13.7. The molecular weight excluding hydrogens is 205 g/mol. The molecule has 0 aliphatic rings. The Morgan fingerprint density at radius 2 is 1.41 bits per heavy atom. The summed E-state index contributed by atoms with van der Waals surface area (Å²) in [4.78, 5) is 2.41. The maximum Gasteiger partial charge on any atom is 0.146 e. The first-order valence-electron chi connectivity index (χ1n) is 7.21. The molecule has 0 saturated carbocycles. The fourth-order valence-electron chi connectivity index (χ4n) is 2.77. The van der Waals surface area contributed by atoms with Crippen LogP contribution in [0.25, 0.3) is 0 Å². The Kier molecular flexibility index (Phi) is 6.83. The maximum absolute atomic E-state index is 2.41. The fraction of sp³-hybridized carbons (Fsp3) is 1.00. The summed E-state index contributed by atoms with van der Waals surface area (Å²) in [5, 5.41) is 0. The summed E-state index contributed by atoms with van der Waals surface area (Å²) < 4.78 is 0. The van der Waals surface area contributed by atoms with Gasteiger partial charge in [-0.15, -0.1) is 0 Å². The van der Waals surface area contributed by atoms with Crippen LogP contribution in [0.2, 0.25) is 5.82 Å². The summed E-state index contributed by atoms with van der Waals surface area (Å²) in [6, 6.07) is 0. The van der Waals surface area contributed by atoms with Gasteiger partial charge in [0.15, 0.2) is 0 Å². The highest BCUT2D eigenvalue weighted by molar-refractivity contribution is 6.40. The predicted molar refractivity (Wildman–Crippen MR) is 82.1 cm³/mol. The van der Waals surface area contributed by atoms with Crippen LogP contribution in [-0.4, -0.2) is 32.2 Å². The largest absolute Gasteiger partial charge is 0.314 e. The average Bonchev–Trinajstić information content (AvgIpc) is 2.08. The van der Waals surface area contributed by atoms with Gasteiger partial charge in [-0.05, 0) is 31.4 Å². The number of hydrogen-bond donors (Lipinski definition) is 0. The van der Waals surface area contributed by atoms with Gasteiger partial charge in [0.1, 0.15) is 7.28 Å². The lowest BCUT2D eigenvalue weighted by Gasteiger charge is -2.35. The van der Waals surface area contributed by atoms with E-state index in [2.05, 4.69) is 67.5 Å². The average molecular weight is 239 g/mol. The first kappa shape index (κ1) is 17.0. The van der Waals surface area contributed by atoms with Crippen molar-refractivity contribution in [2.45, 2.75) is 66.6 Å². The van der Waals surface area contributed by atoms with Crippen molar-refractivity contribution in [3.8, 4) is 0 Å². The Labute approximate surface area is 111 Å². The second-order valence-corrected chi connectivity index (χ2v) is 7.78. The molecule has 2 unspecified atom stereocenters. The molecule has 0 radical (unpaired) electrons. The van der Waals surface area contributed by atoms with E-state index in [-0.39, 0.29) is 0 Å². The van der Waals surface area contributed by atoms with Crippen LogP contribution in [-0.2, 0) is 0 Å². The monoisotopic (exact) mass is 239 g/mol. The number of rotatable bonds is 6. The third kappa shape index (κ3) is 7.13. The third-order valence-corrected chi connectivity index (χ3v) is 3.79. The topological polar surface area (TPSA) is 3.24 Å². The lowest BCUT2D eigenvalue weighted by Crippen LogP contribution is -2.41. The molecule has 1 nitrogen and oxygen atoms in total. The summed E-state index contributed by atoms with van der Waals surface area (Å²) in [5.74, 6) is 3.08. The Bertz CT molecular complexity index is 195. The molecule has 0 aromatic heterocycles. The Balaban J connectivity index is 4.62. The molecule has 0 bridgehead atoms. The standard InChI is InChI=1S/C15H34BN/c1-11(2)13(10-15(5,6)7)16-14(12(3)4)17(8)9/h11-14,16H,10H2,1-9H3. The first-order valence-corrected chi connectivity index (χ1v) is 7.21. The molecular formula is C15H34BN. The molecule has 0 saturated heterocycles. The maximum atomic E-state index is 2.41. The third-order valence-electron chi connectivity index (χ3n) is 3.79. The molecule has 0 amide bonds. The van der Waals surface area contributed by atoms with Crippen LogP contribution in [0.3, 0.4) is 0 Å². The van der Waals surface area contributed by atoms with Gasteiger partial charge >= 0.3 is 0 Å². The smallest absolute Gasteiger partial charge is 0.146 e. The molecule has 0 aliphatic heterocycles. The fourth-order valence-corrected chi connectivity index (χ4v) is 2.77. The summed E-state index contributed by atoms with van der Waals surface area (Å²) in [7, 11) is 5.78. The molecule has 0 N–H and O–H groups in total. The zero-order chi connectivity index (χ0) is 13.8. The van der Waals surface area contributed by atoms with Crippen LogP contribution >= 0.6 is 0 Å². The van der Waals surface area contributed by atoms with Crippen molar-refractivity contribution < 1.29 is 0 Å². The molecule has 0 heterocycles. The summed E-state index contributed by atoms with van der Waals surface area (Å²) in [6.07, 6.45) is 1.34. The van der Waals surface area contributed by atoms with E-state index in [4.69, 9.17) is 0 Å². The lowest BCUT2D eigenvalue weighted by atomic mass is 9.49. The SMILES string of the molecule is CC(C)C(BC(C(C)C)N(C)C)CC(C)(C)C. The minimum absolute atomic E-state index is 0.447. The molecule has 0 aliphatic carbocycles. The van der Waals surface area contributed by atoms with Gasteiger partial charge in [-0.3, -0.25) is 0 Å². The molecule has 0 rings (SSSR count). The van der Waals surface area contributed by atoms with Crippen molar-refractivity contribution in [3.05, 3.63) is 0 Å². The quantitative estimate of drug-likeness (QED) is 0.636. The van der Waals surface area contributed by atoms with E-state index in [0.29, 0.717) is 11.4 Å². The number of nitrogens with zero attached hydrogens (tertiary/aromatic N) is 1. The predicted octanol–water partition coefficient (Wildman–Crippen LogP) is 3.85. The highest BCUT2D eigenvalue weighted by atomic mass is 15.1. The first-order chi connectivity index (χ1) is 7.54. The van der Waals surface area contributed by atoms with Crippen molar-refractivity contribution in [3.63, 3.8) is 0 Å². The van der Waals surface area contributed by atoms with Crippen LogP contribution in [0.4, 0.5) is 0 Å². The molecule has 17 heavy (non-hydrogen) atoms. The second-order valence-electron chi connectivity index (χ2n) is 7.78. The van der Waals surface area contributed by atoms with Crippen LogP contribution < -0.4 is 0 Å². The summed E-state index contributed by atoms with van der Waals surface area (Å²) in [5.41, 5.74) is 0.447. The molecule has 0 spiro atoms. The highest BCUT2D eigenvalue weighted by Gasteiger charge is 2.28. The summed E-state index contributed by atoms with van der Waals surface area (Å²) >= 11 is 0. The van der Waals surface area contributed by atoms with Crippen LogP contribution in [0.15, 0.2) is 0 Å². The van der Waals surface area contributed by atoms with Crippen molar-refractivity contribution in [2.24, 2.45) is 17.3 Å². The van der Waals surface area contributed by atoms with Crippen LogP contribution in [0, 0.1) is 17.3 Å². The second kappa shape index (κ2) is 6.82. The van der Waals surface area contributed by atoms with Gasteiger partial charge in [-0.1, -0.05) is 66.6 Å².